The Morgan fingerprint density at radius 3 is 2.50 bits per heavy atom. The van der Waals surface area contributed by atoms with Gasteiger partial charge in [0.25, 0.3) is 0 Å². The summed E-state index contributed by atoms with van der Waals surface area (Å²) in [5.74, 6) is 0. The SMILES string of the molecule is CC(NCC1(CO)CC1)c1ccc(Br)cc1. The lowest BCUT2D eigenvalue weighted by Crippen LogP contribution is -2.28. The van der Waals surface area contributed by atoms with Crippen LogP contribution in [0.25, 0.3) is 0 Å². The van der Waals surface area contributed by atoms with Crippen LogP contribution in [-0.4, -0.2) is 18.3 Å². The van der Waals surface area contributed by atoms with Crippen LogP contribution in [-0.2, 0) is 0 Å². The largest absolute Gasteiger partial charge is 0.396 e. The van der Waals surface area contributed by atoms with Gasteiger partial charge in [-0.2, -0.15) is 0 Å². The van der Waals surface area contributed by atoms with E-state index in [1.807, 2.05) is 0 Å². The number of halogens is 1. The number of aliphatic hydroxyl groups is 1. The molecule has 1 unspecified atom stereocenters. The van der Waals surface area contributed by atoms with E-state index in [0.717, 1.165) is 23.9 Å². The highest BCUT2D eigenvalue weighted by Gasteiger charge is 2.41. The fourth-order valence-electron chi connectivity index (χ4n) is 1.81. The summed E-state index contributed by atoms with van der Waals surface area (Å²) in [6.45, 7) is 3.39. The second-order valence-corrected chi connectivity index (χ2v) is 5.73. The van der Waals surface area contributed by atoms with E-state index >= 15 is 0 Å². The van der Waals surface area contributed by atoms with Crippen LogP contribution in [0, 0.1) is 5.41 Å². The summed E-state index contributed by atoms with van der Waals surface area (Å²) in [5.41, 5.74) is 1.47. The van der Waals surface area contributed by atoms with Gasteiger partial charge < -0.3 is 10.4 Å². The molecule has 2 rings (SSSR count). The lowest BCUT2D eigenvalue weighted by atomic mass is 10.1. The average Bonchev–Trinajstić information content (AvgIpc) is 3.08. The van der Waals surface area contributed by atoms with Crippen LogP contribution >= 0.6 is 15.9 Å². The molecule has 0 amide bonds. The number of benzene rings is 1. The van der Waals surface area contributed by atoms with Crippen molar-refractivity contribution >= 4 is 15.9 Å². The van der Waals surface area contributed by atoms with Gasteiger partial charge in [-0.15, -0.1) is 0 Å². The molecule has 3 heteroatoms. The smallest absolute Gasteiger partial charge is 0.0499 e. The van der Waals surface area contributed by atoms with E-state index in [0.29, 0.717) is 12.6 Å². The first-order valence-corrected chi connectivity index (χ1v) is 6.54. The van der Waals surface area contributed by atoms with Crippen molar-refractivity contribution in [1.82, 2.24) is 5.32 Å². The van der Waals surface area contributed by atoms with Crippen molar-refractivity contribution in [2.24, 2.45) is 5.41 Å². The van der Waals surface area contributed by atoms with Crippen molar-refractivity contribution < 1.29 is 5.11 Å². The molecule has 1 fully saturated rings. The summed E-state index contributed by atoms with van der Waals surface area (Å²) in [5, 5.41) is 12.7. The van der Waals surface area contributed by atoms with Gasteiger partial charge >= 0.3 is 0 Å². The lowest BCUT2D eigenvalue weighted by Gasteiger charge is -2.18. The molecule has 1 aliphatic rings. The Morgan fingerprint density at radius 1 is 1.38 bits per heavy atom. The second-order valence-electron chi connectivity index (χ2n) is 4.81. The summed E-state index contributed by atoms with van der Waals surface area (Å²) < 4.78 is 1.11. The Morgan fingerprint density at radius 2 is 2.00 bits per heavy atom. The molecule has 16 heavy (non-hydrogen) atoms. The Labute approximate surface area is 105 Å². The van der Waals surface area contributed by atoms with E-state index in [4.69, 9.17) is 0 Å². The number of nitrogens with one attached hydrogen (secondary N) is 1. The summed E-state index contributed by atoms with van der Waals surface area (Å²) in [6.07, 6.45) is 2.31. The maximum Gasteiger partial charge on any atom is 0.0499 e. The van der Waals surface area contributed by atoms with Crippen molar-refractivity contribution in [2.45, 2.75) is 25.8 Å². The van der Waals surface area contributed by atoms with Crippen LogP contribution in [0.15, 0.2) is 28.7 Å². The molecule has 1 aliphatic carbocycles. The highest BCUT2D eigenvalue weighted by atomic mass is 79.9. The van der Waals surface area contributed by atoms with Crippen molar-refractivity contribution in [3.8, 4) is 0 Å². The zero-order valence-electron chi connectivity index (χ0n) is 9.54. The van der Waals surface area contributed by atoms with Gasteiger partial charge in [-0.1, -0.05) is 28.1 Å². The first kappa shape index (κ1) is 12.1. The number of hydrogen-bond acceptors (Lipinski definition) is 2. The lowest BCUT2D eigenvalue weighted by molar-refractivity contribution is 0.204. The maximum atomic E-state index is 9.23. The zero-order chi connectivity index (χ0) is 11.6. The van der Waals surface area contributed by atoms with Crippen molar-refractivity contribution in [3.63, 3.8) is 0 Å². The fraction of sp³-hybridized carbons (Fsp3) is 0.538. The molecule has 1 aromatic rings. The Bertz CT molecular complexity index is 345. The minimum atomic E-state index is 0.184. The van der Waals surface area contributed by atoms with Gasteiger partial charge in [0.1, 0.15) is 0 Å². The number of rotatable bonds is 5. The summed E-state index contributed by atoms with van der Waals surface area (Å²) in [4.78, 5) is 0. The first-order valence-electron chi connectivity index (χ1n) is 5.75. The van der Waals surface area contributed by atoms with Crippen LogP contribution in [0.4, 0.5) is 0 Å². The van der Waals surface area contributed by atoms with Crippen LogP contribution in [0.5, 0.6) is 0 Å². The molecule has 0 radical (unpaired) electrons. The Kier molecular flexibility index (Phi) is 3.67. The second kappa shape index (κ2) is 4.86. The third-order valence-corrected chi connectivity index (χ3v) is 3.97. The fourth-order valence-corrected chi connectivity index (χ4v) is 2.07. The van der Waals surface area contributed by atoms with Crippen LogP contribution < -0.4 is 5.32 Å². The molecular weight excluding hydrogens is 266 g/mol. The topological polar surface area (TPSA) is 32.3 Å². The molecule has 88 valence electrons. The predicted octanol–water partition coefficient (Wildman–Crippen LogP) is 2.87. The van der Waals surface area contributed by atoms with E-state index in [2.05, 4.69) is 52.4 Å². The highest BCUT2D eigenvalue weighted by Crippen LogP contribution is 2.44. The van der Waals surface area contributed by atoms with Crippen LogP contribution in [0.3, 0.4) is 0 Å². The monoisotopic (exact) mass is 283 g/mol. The summed E-state index contributed by atoms with van der Waals surface area (Å²) in [7, 11) is 0. The molecular formula is C13H18BrNO. The van der Waals surface area contributed by atoms with Crippen molar-refractivity contribution in [3.05, 3.63) is 34.3 Å². The Hall–Kier alpha value is -0.380. The molecule has 1 atom stereocenters. The molecule has 1 aromatic carbocycles. The van der Waals surface area contributed by atoms with Gasteiger partial charge in [0.15, 0.2) is 0 Å². The van der Waals surface area contributed by atoms with E-state index in [-0.39, 0.29) is 5.41 Å². The predicted molar refractivity (Wildman–Crippen MR) is 69.3 cm³/mol. The van der Waals surface area contributed by atoms with Gasteiger partial charge in [-0.3, -0.25) is 0 Å². The molecule has 0 bridgehead atoms. The van der Waals surface area contributed by atoms with Gasteiger partial charge in [-0.05, 0) is 37.5 Å². The van der Waals surface area contributed by atoms with Crippen molar-refractivity contribution in [2.75, 3.05) is 13.2 Å². The van der Waals surface area contributed by atoms with Gasteiger partial charge in [0.2, 0.25) is 0 Å². The first-order chi connectivity index (χ1) is 7.65. The third kappa shape index (κ3) is 2.84. The number of hydrogen-bond donors (Lipinski definition) is 2. The molecule has 0 aromatic heterocycles. The highest BCUT2D eigenvalue weighted by molar-refractivity contribution is 9.10. The van der Waals surface area contributed by atoms with Crippen LogP contribution in [0.1, 0.15) is 31.4 Å². The maximum absolute atomic E-state index is 9.23. The molecule has 2 nitrogen and oxygen atoms in total. The minimum Gasteiger partial charge on any atom is -0.396 e. The van der Waals surface area contributed by atoms with E-state index in [1.165, 1.54) is 5.56 Å². The normalized spacial score (nSPS) is 19.4. The Balaban J connectivity index is 1.88. The molecule has 0 saturated heterocycles. The van der Waals surface area contributed by atoms with Gasteiger partial charge in [0, 0.05) is 29.1 Å². The quantitative estimate of drug-likeness (QED) is 0.871. The molecule has 1 saturated carbocycles. The van der Waals surface area contributed by atoms with E-state index in [9.17, 15) is 5.11 Å². The van der Waals surface area contributed by atoms with Gasteiger partial charge in [-0.25, -0.2) is 0 Å². The third-order valence-electron chi connectivity index (χ3n) is 3.45. The molecule has 0 spiro atoms. The summed E-state index contributed by atoms with van der Waals surface area (Å²) in [6, 6.07) is 8.72. The number of aliphatic hydroxyl groups excluding tert-OH is 1. The average molecular weight is 284 g/mol. The molecule has 0 heterocycles. The zero-order valence-corrected chi connectivity index (χ0v) is 11.1. The summed E-state index contributed by atoms with van der Waals surface area (Å²) >= 11 is 3.43. The minimum absolute atomic E-state index is 0.184. The van der Waals surface area contributed by atoms with Crippen LogP contribution in [0.2, 0.25) is 0 Å². The van der Waals surface area contributed by atoms with E-state index < -0.39 is 0 Å². The molecule has 2 N–H and O–H groups in total. The standard InChI is InChI=1S/C13H18BrNO/c1-10(11-2-4-12(14)5-3-11)15-8-13(9-16)6-7-13/h2-5,10,15-16H,6-9H2,1H3. The molecule has 0 aliphatic heterocycles. The van der Waals surface area contributed by atoms with Crippen molar-refractivity contribution in [1.29, 1.82) is 0 Å². The van der Waals surface area contributed by atoms with E-state index in [1.54, 1.807) is 0 Å². The van der Waals surface area contributed by atoms with Gasteiger partial charge in [0.05, 0.1) is 0 Å².